The maximum Gasteiger partial charge on any atom is 0.136 e. The topological polar surface area (TPSA) is 57.5 Å². The summed E-state index contributed by atoms with van der Waals surface area (Å²) < 4.78 is 0. The molecule has 0 unspecified atom stereocenters. The van der Waals surface area contributed by atoms with Crippen LogP contribution >= 0.6 is 0 Å². The Kier molecular flexibility index (Phi) is 3.78. The van der Waals surface area contributed by atoms with Crippen LogP contribution in [0.5, 0.6) is 0 Å². The van der Waals surface area contributed by atoms with Gasteiger partial charge in [0.05, 0.1) is 12.2 Å². The number of hydrogen-bond acceptors (Lipinski definition) is 3. The van der Waals surface area contributed by atoms with E-state index in [0.29, 0.717) is 36.4 Å². The molecule has 0 aliphatic heterocycles. The summed E-state index contributed by atoms with van der Waals surface area (Å²) in [6.45, 7) is 6.53. The third kappa shape index (κ3) is 2.13. The number of hydrogen-bond donors (Lipinski definition) is 2. The monoisotopic (exact) mass is 332 g/mol. The van der Waals surface area contributed by atoms with Crippen LogP contribution in [0.25, 0.3) is 0 Å². The second-order valence-corrected chi connectivity index (χ2v) is 9.60. The second-order valence-electron chi connectivity index (χ2n) is 9.60. The molecule has 8 atom stereocenters. The van der Waals surface area contributed by atoms with Gasteiger partial charge in [0.15, 0.2) is 0 Å². The van der Waals surface area contributed by atoms with Crippen LogP contribution in [0.15, 0.2) is 11.6 Å². The molecule has 3 fully saturated rings. The van der Waals surface area contributed by atoms with Gasteiger partial charge in [0, 0.05) is 12.8 Å². The van der Waals surface area contributed by atoms with Crippen LogP contribution in [-0.4, -0.2) is 28.2 Å². The van der Waals surface area contributed by atoms with Crippen molar-refractivity contribution >= 4 is 5.78 Å². The van der Waals surface area contributed by atoms with Gasteiger partial charge < -0.3 is 10.2 Å². The first-order valence-corrected chi connectivity index (χ1v) is 9.84. The lowest BCUT2D eigenvalue weighted by atomic mass is 9.46. The molecule has 0 heterocycles. The maximum atomic E-state index is 11.9. The molecule has 2 N–H and O–H groups in total. The maximum absolute atomic E-state index is 11.9. The molecule has 0 bridgehead atoms. The minimum atomic E-state index is -0.308. The molecule has 4 aliphatic carbocycles. The van der Waals surface area contributed by atoms with E-state index in [2.05, 4.69) is 19.9 Å². The lowest BCUT2D eigenvalue weighted by molar-refractivity contribution is -0.138. The summed E-state index contributed by atoms with van der Waals surface area (Å²) >= 11 is 0. The average Bonchev–Trinajstić information content (AvgIpc) is 2.84. The molecule has 24 heavy (non-hydrogen) atoms. The number of aliphatic hydroxyl groups excluding tert-OH is 2. The fourth-order valence-corrected chi connectivity index (χ4v) is 7.44. The SMILES string of the molecule is C[C@H](O)[C@H]1CC[C@H]2[C@@H]3CC=C4CC(=O)CC[C@]4(C)[C@H]3[C@@H](O)C[C@]12C. The summed E-state index contributed by atoms with van der Waals surface area (Å²) in [4.78, 5) is 11.9. The van der Waals surface area contributed by atoms with Gasteiger partial charge in [0.25, 0.3) is 0 Å². The molecule has 3 nitrogen and oxygen atoms in total. The largest absolute Gasteiger partial charge is 0.393 e. The highest BCUT2D eigenvalue weighted by molar-refractivity contribution is 5.82. The van der Waals surface area contributed by atoms with Gasteiger partial charge in [-0.2, -0.15) is 0 Å². The highest BCUT2D eigenvalue weighted by Crippen LogP contribution is 2.66. The summed E-state index contributed by atoms with van der Waals surface area (Å²) in [5.41, 5.74) is 1.36. The van der Waals surface area contributed by atoms with Gasteiger partial charge in [-0.15, -0.1) is 0 Å². The van der Waals surface area contributed by atoms with Crippen molar-refractivity contribution < 1.29 is 15.0 Å². The minimum absolute atomic E-state index is 0.000487. The molecule has 134 valence electrons. The van der Waals surface area contributed by atoms with E-state index >= 15 is 0 Å². The molecule has 0 aromatic heterocycles. The van der Waals surface area contributed by atoms with Gasteiger partial charge in [-0.25, -0.2) is 0 Å². The van der Waals surface area contributed by atoms with Crippen LogP contribution in [0.4, 0.5) is 0 Å². The predicted octanol–water partition coefficient (Wildman–Crippen LogP) is 3.49. The number of carbonyl (C=O) groups is 1. The quantitative estimate of drug-likeness (QED) is 0.723. The van der Waals surface area contributed by atoms with Gasteiger partial charge in [0.2, 0.25) is 0 Å². The fraction of sp³-hybridized carbons (Fsp3) is 0.857. The second kappa shape index (κ2) is 5.41. The standard InChI is InChI=1S/C21H32O3/c1-12(22)16-6-7-17-15-5-4-13-10-14(23)8-9-20(13,2)19(15)18(24)11-21(16,17)3/h4,12,15-19,22,24H,5-11H2,1-3H3/t12-,15-,16+,17-,18-,19+,20-,21+/m0/s1. The first kappa shape index (κ1) is 16.8. The third-order valence-electron chi connectivity index (χ3n) is 8.52. The molecule has 0 aromatic rings. The Labute approximate surface area is 145 Å². The smallest absolute Gasteiger partial charge is 0.136 e. The lowest BCUT2D eigenvalue weighted by Crippen LogP contribution is -2.56. The zero-order valence-corrected chi connectivity index (χ0v) is 15.3. The summed E-state index contributed by atoms with van der Waals surface area (Å²) in [6.07, 6.45) is 7.99. The van der Waals surface area contributed by atoms with Crippen molar-refractivity contribution in [2.45, 2.75) is 77.9 Å². The number of fused-ring (bicyclic) bond motifs is 5. The molecule has 0 radical (unpaired) electrons. The first-order chi connectivity index (χ1) is 11.3. The van der Waals surface area contributed by atoms with E-state index in [1.165, 1.54) is 12.0 Å². The molecular weight excluding hydrogens is 300 g/mol. The normalized spacial score (nSPS) is 52.1. The number of rotatable bonds is 1. The number of carbonyl (C=O) groups excluding carboxylic acids is 1. The number of allylic oxidation sites excluding steroid dienone is 2. The van der Waals surface area contributed by atoms with Crippen LogP contribution in [0.2, 0.25) is 0 Å². The van der Waals surface area contributed by atoms with E-state index in [1.807, 2.05) is 6.92 Å². The molecule has 0 spiro atoms. The van der Waals surface area contributed by atoms with E-state index in [1.54, 1.807) is 0 Å². The Bertz CT molecular complexity index is 580. The Hall–Kier alpha value is -0.670. The van der Waals surface area contributed by atoms with Crippen LogP contribution in [0.3, 0.4) is 0 Å². The van der Waals surface area contributed by atoms with Gasteiger partial charge in [-0.1, -0.05) is 25.5 Å². The zero-order chi connectivity index (χ0) is 17.3. The molecule has 0 aromatic carbocycles. The van der Waals surface area contributed by atoms with Crippen LogP contribution in [0.1, 0.15) is 65.7 Å². The molecule has 3 saturated carbocycles. The Morgan fingerprint density at radius 2 is 2.04 bits per heavy atom. The van der Waals surface area contributed by atoms with Crippen molar-refractivity contribution in [2.75, 3.05) is 0 Å². The Balaban J connectivity index is 1.71. The summed E-state index contributed by atoms with van der Waals surface area (Å²) in [5.74, 6) is 2.06. The van der Waals surface area contributed by atoms with Crippen molar-refractivity contribution in [1.29, 1.82) is 0 Å². The van der Waals surface area contributed by atoms with Gasteiger partial charge in [-0.05, 0) is 73.5 Å². The third-order valence-corrected chi connectivity index (χ3v) is 8.52. The van der Waals surface area contributed by atoms with Gasteiger partial charge in [-0.3, -0.25) is 4.79 Å². The van der Waals surface area contributed by atoms with Crippen LogP contribution in [0, 0.1) is 34.5 Å². The van der Waals surface area contributed by atoms with E-state index in [4.69, 9.17) is 0 Å². The van der Waals surface area contributed by atoms with Gasteiger partial charge >= 0.3 is 0 Å². The molecule has 0 saturated heterocycles. The number of Topliss-reactive ketones (excluding diaryl/α,β-unsaturated/α-hetero) is 1. The highest BCUT2D eigenvalue weighted by atomic mass is 16.3. The number of ketones is 1. The zero-order valence-electron chi connectivity index (χ0n) is 15.3. The Morgan fingerprint density at radius 1 is 1.29 bits per heavy atom. The van der Waals surface area contributed by atoms with Crippen molar-refractivity contribution in [2.24, 2.45) is 34.5 Å². The van der Waals surface area contributed by atoms with E-state index < -0.39 is 0 Å². The predicted molar refractivity (Wildman–Crippen MR) is 93.3 cm³/mol. The summed E-state index contributed by atoms with van der Waals surface area (Å²) in [6, 6.07) is 0. The summed E-state index contributed by atoms with van der Waals surface area (Å²) in [7, 11) is 0. The lowest BCUT2D eigenvalue weighted by Gasteiger charge is -2.59. The van der Waals surface area contributed by atoms with Gasteiger partial charge in [0.1, 0.15) is 5.78 Å². The minimum Gasteiger partial charge on any atom is -0.393 e. The van der Waals surface area contributed by atoms with Crippen molar-refractivity contribution in [3.63, 3.8) is 0 Å². The molecule has 4 aliphatic rings. The summed E-state index contributed by atoms with van der Waals surface area (Å²) in [5, 5.41) is 21.5. The van der Waals surface area contributed by atoms with E-state index in [9.17, 15) is 15.0 Å². The number of aliphatic hydroxyl groups is 2. The molecule has 4 rings (SSSR count). The van der Waals surface area contributed by atoms with Crippen molar-refractivity contribution in [3.8, 4) is 0 Å². The van der Waals surface area contributed by atoms with Crippen LogP contribution < -0.4 is 0 Å². The molecular formula is C21H32O3. The first-order valence-electron chi connectivity index (χ1n) is 9.84. The van der Waals surface area contributed by atoms with Crippen molar-refractivity contribution in [3.05, 3.63) is 11.6 Å². The van der Waals surface area contributed by atoms with E-state index in [-0.39, 0.29) is 29.0 Å². The highest BCUT2D eigenvalue weighted by Gasteiger charge is 2.62. The Morgan fingerprint density at radius 3 is 2.75 bits per heavy atom. The van der Waals surface area contributed by atoms with Crippen LogP contribution in [-0.2, 0) is 4.79 Å². The fourth-order valence-electron chi connectivity index (χ4n) is 7.44. The molecule has 3 heteroatoms. The molecule has 0 amide bonds. The van der Waals surface area contributed by atoms with E-state index in [0.717, 1.165) is 25.7 Å². The average molecular weight is 332 g/mol. The van der Waals surface area contributed by atoms with Crippen molar-refractivity contribution in [1.82, 2.24) is 0 Å².